The SMILES string of the molecule is COC(CI)CCOC(=O)OCCC(CI)OC. The van der Waals surface area contributed by atoms with Crippen molar-refractivity contribution in [1.29, 1.82) is 0 Å². The van der Waals surface area contributed by atoms with Gasteiger partial charge in [-0.3, -0.25) is 0 Å². The second-order valence-electron chi connectivity index (χ2n) is 3.55. The molecule has 0 saturated heterocycles. The van der Waals surface area contributed by atoms with Crippen molar-refractivity contribution in [2.75, 3.05) is 36.3 Å². The second kappa shape index (κ2) is 12.7. The van der Waals surface area contributed by atoms with E-state index >= 15 is 0 Å². The maximum atomic E-state index is 11.2. The van der Waals surface area contributed by atoms with Crippen molar-refractivity contribution in [3.05, 3.63) is 0 Å². The van der Waals surface area contributed by atoms with E-state index in [1.807, 2.05) is 0 Å². The Labute approximate surface area is 136 Å². The van der Waals surface area contributed by atoms with Crippen molar-refractivity contribution in [3.8, 4) is 0 Å². The van der Waals surface area contributed by atoms with Crippen LogP contribution >= 0.6 is 45.2 Å². The molecule has 0 aromatic rings. The molecule has 0 amide bonds. The maximum absolute atomic E-state index is 11.2. The van der Waals surface area contributed by atoms with Crippen molar-refractivity contribution in [2.24, 2.45) is 0 Å². The summed E-state index contributed by atoms with van der Waals surface area (Å²) in [4.78, 5) is 11.2. The fourth-order valence-electron chi connectivity index (χ4n) is 1.11. The van der Waals surface area contributed by atoms with Gasteiger partial charge in [0.15, 0.2) is 0 Å². The Morgan fingerprint density at radius 3 is 1.61 bits per heavy atom. The highest BCUT2D eigenvalue weighted by Gasteiger charge is 2.10. The van der Waals surface area contributed by atoms with E-state index in [0.29, 0.717) is 26.1 Å². The number of ether oxygens (including phenoxy) is 4. The Kier molecular flexibility index (Phi) is 13.1. The highest BCUT2D eigenvalue weighted by Crippen LogP contribution is 2.04. The van der Waals surface area contributed by atoms with Crippen molar-refractivity contribution in [1.82, 2.24) is 0 Å². The van der Waals surface area contributed by atoms with Gasteiger partial charge in [0.1, 0.15) is 0 Å². The Morgan fingerprint density at radius 2 is 1.33 bits per heavy atom. The van der Waals surface area contributed by atoms with E-state index in [0.717, 1.165) is 8.86 Å². The normalized spacial score (nSPS) is 14.0. The molecule has 0 aliphatic carbocycles. The smallest absolute Gasteiger partial charge is 0.434 e. The highest BCUT2D eigenvalue weighted by molar-refractivity contribution is 14.1. The zero-order chi connectivity index (χ0) is 13.8. The molecule has 0 aromatic heterocycles. The van der Waals surface area contributed by atoms with E-state index in [1.54, 1.807) is 14.2 Å². The summed E-state index contributed by atoms with van der Waals surface area (Å²) in [6.07, 6.45) is 0.985. The van der Waals surface area contributed by atoms with E-state index in [9.17, 15) is 4.79 Å². The van der Waals surface area contributed by atoms with Gasteiger partial charge in [-0.2, -0.15) is 0 Å². The number of alkyl halides is 2. The number of carbonyl (C=O) groups excluding carboxylic acids is 1. The molecule has 0 rings (SSSR count). The van der Waals surface area contributed by atoms with Gasteiger partial charge in [0, 0.05) is 35.9 Å². The van der Waals surface area contributed by atoms with E-state index in [2.05, 4.69) is 45.2 Å². The first-order chi connectivity index (χ1) is 8.67. The van der Waals surface area contributed by atoms with Gasteiger partial charge in [0.2, 0.25) is 0 Å². The van der Waals surface area contributed by atoms with Gasteiger partial charge in [-0.25, -0.2) is 4.79 Å². The summed E-state index contributed by atoms with van der Waals surface area (Å²) >= 11 is 4.47. The maximum Gasteiger partial charge on any atom is 0.508 e. The number of halogens is 2. The van der Waals surface area contributed by atoms with Crippen LogP contribution in [-0.4, -0.2) is 54.7 Å². The number of rotatable bonds is 10. The average molecular weight is 486 g/mol. The Morgan fingerprint density at radius 1 is 0.944 bits per heavy atom. The zero-order valence-corrected chi connectivity index (χ0v) is 15.0. The third-order valence-corrected chi connectivity index (χ3v) is 4.30. The molecule has 0 bridgehead atoms. The van der Waals surface area contributed by atoms with Crippen LogP contribution < -0.4 is 0 Å². The molecule has 108 valence electrons. The molecular weight excluding hydrogens is 466 g/mol. The summed E-state index contributed by atoms with van der Waals surface area (Å²) in [5.74, 6) is 0. The third kappa shape index (κ3) is 9.56. The largest absolute Gasteiger partial charge is 0.508 e. The number of carbonyl (C=O) groups is 1. The Hall–Kier alpha value is 0.650. The number of methoxy groups -OCH3 is 2. The summed E-state index contributed by atoms with van der Waals surface area (Å²) in [6.45, 7) is 0.640. The van der Waals surface area contributed by atoms with E-state index in [4.69, 9.17) is 18.9 Å². The first-order valence-corrected chi connectivity index (χ1v) is 8.70. The first kappa shape index (κ1) is 18.7. The minimum atomic E-state index is -0.623. The molecule has 2 atom stereocenters. The molecule has 0 radical (unpaired) electrons. The summed E-state index contributed by atoms with van der Waals surface area (Å²) in [6, 6.07) is 0. The molecule has 0 saturated carbocycles. The molecule has 5 nitrogen and oxygen atoms in total. The fourth-order valence-corrected chi connectivity index (χ4v) is 2.71. The topological polar surface area (TPSA) is 54.0 Å². The fraction of sp³-hybridized carbons (Fsp3) is 0.909. The quantitative estimate of drug-likeness (QED) is 0.270. The minimum Gasteiger partial charge on any atom is -0.434 e. The predicted molar refractivity (Wildman–Crippen MR) is 85.9 cm³/mol. The van der Waals surface area contributed by atoms with Crippen LogP contribution in [0.5, 0.6) is 0 Å². The van der Waals surface area contributed by atoms with E-state index in [1.165, 1.54) is 0 Å². The predicted octanol–water partition coefficient (Wildman–Crippen LogP) is 2.82. The van der Waals surface area contributed by atoms with Crippen LogP contribution in [0.1, 0.15) is 12.8 Å². The van der Waals surface area contributed by atoms with E-state index < -0.39 is 6.16 Å². The van der Waals surface area contributed by atoms with Crippen molar-refractivity contribution in [2.45, 2.75) is 25.0 Å². The Balaban J connectivity index is 3.54. The molecular formula is C11H20I2O5. The van der Waals surface area contributed by atoms with Gasteiger partial charge in [-0.05, 0) is 0 Å². The number of hydrogen-bond acceptors (Lipinski definition) is 5. The van der Waals surface area contributed by atoms with Crippen molar-refractivity contribution in [3.63, 3.8) is 0 Å². The van der Waals surface area contributed by atoms with Crippen LogP contribution in [0.3, 0.4) is 0 Å². The van der Waals surface area contributed by atoms with Crippen molar-refractivity contribution < 1.29 is 23.7 Å². The van der Waals surface area contributed by atoms with E-state index in [-0.39, 0.29) is 12.2 Å². The van der Waals surface area contributed by atoms with Gasteiger partial charge < -0.3 is 18.9 Å². The van der Waals surface area contributed by atoms with Gasteiger partial charge in [0.25, 0.3) is 0 Å². The van der Waals surface area contributed by atoms with Gasteiger partial charge in [-0.1, -0.05) is 45.2 Å². The van der Waals surface area contributed by atoms with Crippen LogP contribution in [-0.2, 0) is 18.9 Å². The van der Waals surface area contributed by atoms with Crippen LogP contribution in [0.4, 0.5) is 4.79 Å². The van der Waals surface area contributed by atoms with Gasteiger partial charge in [-0.15, -0.1) is 0 Å². The molecule has 2 unspecified atom stereocenters. The highest BCUT2D eigenvalue weighted by atomic mass is 127. The summed E-state index contributed by atoms with van der Waals surface area (Å²) in [5, 5.41) is 0. The lowest BCUT2D eigenvalue weighted by Gasteiger charge is -2.13. The Bertz CT molecular complexity index is 188. The summed E-state index contributed by atoms with van der Waals surface area (Å²) in [7, 11) is 3.30. The lowest BCUT2D eigenvalue weighted by atomic mass is 10.3. The molecule has 0 aliphatic heterocycles. The molecule has 7 heteroatoms. The van der Waals surface area contributed by atoms with Gasteiger partial charge >= 0.3 is 6.16 Å². The van der Waals surface area contributed by atoms with Crippen molar-refractivity contribution >= 4 is 51.3 Å². The van der Waals surface area contributed by atoms with Crippen LogP contribution in [0, 0.1) is 0 Å². The molecule has 0 fully saturated rings. The first-order valence-electron chi connectivity index (χ1n) is 5.65. The lowest BCUT2D eigenvalue weighted by molar-refractivity contribution is 0.0277. The summed E-state index contributed by atoms with van der Waals surface area (Å²) < 4.78 is 22.0. The number of hydrogen-bond donors (Lipinski definition) is 0. The molecule has 0 heterocycles. The zero-order valence-electron chi connectivity index (χ0n) is 10.7. The average Bonchev–Trinajstić information content (AvgIpc) is 2.40. The second-order valence-corrected chi connectivity index (χ2v) is 5.31. The third-order valence-electron chi connectivity index (χ3n) is 2.33. The monoisotopic (exact) mass is 486 g/mol. The van der Waals surface area contributed by atoms with Crippen LogP contribution in [0.15, 0.2) is 0 Å². The standard InChI is InChI=1S/C11H20I2O5/c1-15-9(7-12)3-5-17-11(14)18-6-4-10(8-13)16-2/h9-10H,3-8H2,1-2H3. The molecule has 0 aromatic carbocycles. The van der Waals surface area contributed by atoms with Crippen LogP contribution in [0.25, 0.3) is 0 Å². The van der Waals surface area contributed by atoms with Crippen LogP contribution in [0.2, 0.25) is 0 Å². The van der Waals surface area contributed by atoms with Gasteiger partial charge in [0.05, 0.1) is 25.4 Å². The molecule has 0 spiro atoms. The minimum absolute atomic E-state index is 0.121. The lowest BCUT2D eigenvalue weighted by Crippen LogP contribution is -2.19. The molecule has 18 heavy (non-hydrogen) atoms. The summed E-state index contributed by atoms with van der Waals surface area (Å²) in [5.41, 5.74) is 0. The molecule has 0 N–H and O–H groups in total. The molecule has 0 aliphatic rings.